The summed E-state index contributed by atoms with van der Waals surface area (Å²) < 4.78 is 5.53. The molecule has 1 aliphatic rings. The minimum Gasteiger partial charge on any atom is -0.466 e. The van der Waals surface area contributed by atoms with Gasteiger partial charge in [0.1, 0.15) is 17.7 Å². The molecule has 0 amide bonds. The van der Waals surface area contributed by atoms with Crippen molar-refractivity contribution >= 4 is 11.9 Å². The van der Waals surface area contributed by atoms with Crippen LogP contribution in [0, 0.1) is 6.92 Å². The summed E-state index contributed by atoms with van der Waals surface area (Å²) in [4.78, 5) is 10.5. The highest BCUT2D eigenvalue weighted by Gasteiger charge is 2.14. The lowest BCUT2D eigenvalue weighted by atomic mass is 10.3. The van der Waals surface area contributed by atoms with Crippen molar-refractivity contribution in [3.8, 4) is 0 Å². The van der Waals surface area contributed by atoms with Crippen molar-refractivity contribution in [1.82, 2.24) is 10.2 Å². The van der Waals surface area contributed by atoms with Gasteiger partial charge in [-0.2, -0.15) is 0 Å². The molecule has 2 rings (SSSR count). The molecule has 0 aliphatic carbocycles. The first-order chi connectivity index (χ1) is 8.54. The van der Waals surface area contributed by atoms with Crippen molar-refractivity contribution in [2.45, 2.75) is 26.4 Å². The fourth-order valence-corrected chi connectivity index (χ4v) is 1.78. The maximum atomic E-state index is 5.68. The summed E-state index contributed by atoms with van der Waals surface area (Å²) in [6, 6.07) is 3.97. The number of guanidine groups is 2. The SMILES string of the molecule is Cc1ccc(CCN(C)C2=NC(C)N=C(N)N2)o1. The molecule has 0 bridgehead atoms. The second-order valence-corrected chi connectivity index (χ2v) is 4.41. The van der Waals surface area contributed by atoms with Crippen LogP contribution < -0.4 is 11.1 Å². The van der Waals surface area contributed by atoms with Gasteiger partial charge in [0.05, 0.1) is 0 Å². The molecule has 6 nitrogen and oxygen atoms in total. The zero-order valence-electron chi connectivity index (χ0n) is 11.0. The van der Waals surface area contributed by atoms with Gasteiger partial charge in [-0.25, -0.2) is 9.98 Å². The molecular weight excluding hydrogens is 230 g/mol. The summed E-state index contributed by atoms with van der Waals surface area (Å²) in [5, 5.41) is 2.96. The van der Waals surface area contributed by atoms with E-state index in [1.807, 2.05) is 37.9 Å². The molecule has 1 unspecified atom stereocenters. The molecule has 0 fully saturated rings. The Hall–Kier alpha value is -1.98. The van der Waals surface area contributed by atoms with E-state index in [4.69, 9.17) is 10.2 Å². The van der Waals surface area contributed by atoms with Crippen LogP contribution in [-0.4, -0.2) is 36.6 Å². The largest absolute Gasteiger partial charge is 0.466 e. The molecule has 1 aliphatic heterocycles. The highest BCUT2D eigenvalue weighted by atomic mass is 16.3. The summed E-state index contributed by atoms with van der Waals surface area (Å²) in [5.41, 5.74) is 5.68. The lowest BCUT2D eigenvalue weighted by molar-refractivity contribution is 0.431. The molecule has 1 aromatic rings. The molecule has 2 heterocycles. The van der Waals surface area contributed by atoms with Gasteiger partial charge in [0.15, 0.2) is 5.96 Å². The number of furan rings is 1. The van der Waals surface area contributed by atoms with Crippen LogP contribution in [-0.2, 0) is 6.42 Å². The van der Waals surface area contributed by atoms with Gasteiger partial charge in [0.2, 0.25) is 5.96 Å². The van der Waals surface area contributed by atoms with Crippen molar-refractivity contribution in [2.75, 3.05) is 13.6 Å². The maximum absolute atomic E-state index is 5.68. The van der Waals surface area contributed by atoms with Crippen LogP contribution >= 0.6 is 0 Å². The van der Waals surface area contributed by atoms with E-state index in [9.17, 15) is 0 Å². The summed E-state index contributed by atoms with van der Waals surface area (Å²) in [5.74, 6) is 3.07. The van der Waals surface area contributed by atoms with E-state index in [1.165, 1.54) is 0 Å². The molecule has 0 saturated carbocycles. The topological polar surface area (TPSA) is 79.2 Å². The smallest absolute Gasteiger partial charge is 0.202 e. The van der Waals surface area contributed by atoms with Crippen molar-refractivity contribution in [3.63, 3.8) is 0 Å². The number of hydrogen-bond acceptors (Lipinski definition) is 6. The Morgan fingerprint density at radius 3 is 2.83 bits per heavy atom. The Balaban J connectivity index is 1.90. The second-order valence-electron chi connectivity index (χ2n) is 4.41. The van der Waals surface area contributed by atoms with Gasteiger partial charge in [0, 0.05) is 20.0 Å². The van der Waals surface area contributed by atoms with Gasteiger partial charge in [0.25, 0.3) is 0 Å². The summed E-state index contributed by atoms with van der Waals surface area (Å²) >= 11 is 0. The molecule has 0 aromatic carbocycles. The van der Waals surface area contributed by atoms with E-state index >= 15 is 0 Å². The van der Waals surface area contributed by atoms with Gasteiger partial charge in [-0.1, -0.05) is 0 Å². The second kappa shape index (κ2) is 5.12. The Morgan fingerprint density at radius 1 is 1.44 bits per heavy atom. The van der Waals surface area contributed by atoms with E-state index in [0.29, 0.717) is 5.96 Å². The normalized spacial score (nSPS) is 18.9. The van der Waals surface area contributed by atoms with Crippen molar-refractivity contribution < 1.29 is 4.42 Å². The molecule has 0 radical (unpaired) electrons. The van der Waals surface area contributed by atoms with Crippen molar-refractivity contribution in [3.05, 3.63) is 23.7 Å². The van der Waals surface area contributed by atoms with Gasteiger partial charge in [-0.15, -0.1) is 0 Å². The number of hydrogen-bond donors (Lipinski definition) is 2. The van der Waals surface area contributed by atoms with Crippen LogP contribution in [0.4, 0.5) is 0 Å². The number of nitrogens with zero attached hydrogens (tertiary/aromatic N) is 3. The highest BCUT2D eigenvalue weighted by Crippen LogP contribution is 2.08. The maximum Gasteiger partial charge on any atom is 0.202 e. The molecule has 0 saturated heterocycles. The number of aliphatic imine (C=N–C) groups is 2. The minimum atomic E-state index is -0.130. The van der Waals surface area contributed by atoms with E-state index in [2.05, 4.69) is 15.3 Å². The summed E-state index contributed by atoms with van der Waals surface area (Å²) in [6.45, 7) is 4.65. The molecule has 0 spiro atoms. The highest BCUT2D eigenvalue weighted by molar-refractivity contribution is 5.99. The first kappa shape index (κ1) is 12.5. The van der Waals surface area contributed by atoms with Crippen LogP contribution in [0.25, 0.3) is 0 Å². The predicted molar refractivity (Wildman–Crippen MR) is 71.4 cm³/mol. The average molecular weight is 249 g/mol. The molecule has 6 heteroatoms. The third kappa shape index (κ3) is 3.03. The van der Waals surface area contributed by atoms with Crippen LogP contribution in [0.3, 0.4) is 0 Å². The first-order valence-corrected chi connectivity index (χ1v) is 5.99. The monoisotopic (exact) mass is 249 g/mol. The number of aryl methyl sites for hydroxylation is 1. The third-order valence-corrected chi connectivity index (χ3v) is 2.73. The van der Waals surface area contributed by atoms with Crippen molar-refractivity contribution in [1.29, 1.82) is 0 Å². The molecular formula is C12H19N5O. The number of rotatable bonds is 3. The Morgan fingerprint density at radius 2 is 2.22 bits per heavy atom. The van der Waals surface area contributed by atoms with E-state index in [1.54, 1.807) is 0 Å². The van der Waals surface area contributed by atoms with Crippen LogP contribution in [0.1, 0.15) is 18.4 Å². The summed E-state index contributed by atoms with van der Waals surface area (Å²) in [7, 11) is 1.97. The standard InChI is InChI=1S/C12H19N5O/c1-8-4-5-10(18-8)6-7-17(3)12-15-9(2)14-11(13)16-12/h4-5,9H,6-7H2,1-3H3,(H3,13,14,15,16). The van der Waals surface area contributed by atoms with E-state index in [-0.39, 0.29) is 6.17 Å². The van der Waals surface area contributed by atoms with Gasteiger partial charge >= 0.3 is 0 Å². The molecule has 1 aromatic heterocycles. The zero-order chi connectivity index (χ0) is 13.1. The van der Waals surface area contributed by atoms with E-state index < -0.39 is 0 Å². The Labute approximate surface area is 107 Å². The molecule has 3 N–H and O–H groups in total. The Kier molecular flexibility index (Phi) is 3.55. The zero-order valence-corrected chi connectivity index (χ0v) is 11.0. The van der Waals surface area contributed by atoms with Gasteiger partial charge in [-0.3, -0.25) is 5.32 Å². The third-order valence-electron chi connectivity index (χ3n) is 2.73. The van der Waals surface area contributed by atoms with Gasteiger partial charge < -0.3 is 15.1 Å². The number of nitrogens with one attached hydrogen (secondary N) is 1. The Bertz CT molecular complexity index is 477. The molecule has 18 heavy (non-hydrogen) atoms. The number of likely N-dealkylation sites (N-methyl/N-ethyl adjacent to an activating group) is 1. The predicted octanol–water partition coefficient (Wildman–Crippen LogP) is 0.682. The quantitative estimate of drug-likeness (QED) is 0.825. The lowest BCUT2D eigenvalue weighted by Crippen LogP contribution is -2.49. The van der Waals surface area contributed by atoms with E-state index in [0.717, 1.165) is 30.4 Å². The first-order valence-electron chi connectivity index (χ1n) is 5.99. The molecule has 98 valence electrons. The van der Waals surface area contributed by atoms with Crippen molar-refractivity contribution in [2.24, 2.45) is 15.7 Å². The lowest BCUT2D eigenvalue weighted by Gasteiger charge is -2.25. The number of nitrogens with two attached hydrogens (primary N) is 1. The fourth-order valence-electron chi connectivity index (χ4n) is 1.78. The fraction of sp³-hybridized carbons (Fsp3) is 0.500. The molecule has 1 atom stereocenters. The van der Waals surface area contributed by atoms with Crippen LogP contribution in [0.2, 0.25) is 0 Å². The van der Waals surface area contributed by atoms with Crippen LogP contribution in [0.5, 0.6) is 0 Å². The van der Waals surface area contributed by atoms with Crippen LogP contribution in [0.15, 0.2) is 26.5 Å². The minimum absolute atomic E-state index is 0.130. The average Bonchev–Trinajstić information content (AvgIpc) is 2.70. The van der Waals surface area contributed by atoms with Gasteiger partial charge in [-0.05, 0) is 26.0 Å². The summed E-state index contributed by atoms with van der Waals surface area (Å²) in [6.07, 6.45) is 0.700.